The van der Waals surface area contributed by atoms with E-state index in [9.17, 15) is 0 Å². The van der Waals surface area contributed by atoms with Crippen LogP contribution in [0.3, 0.4) is 0 Å². The van der Waals surface area contributed by atoms with E-state index in [0.29, 0.717) is 10.0 Å². The number of nitrogens with zero attached hydrogens (tertiary/aromatic N) is 1. The van der Waals surface area contributed by atoms with Gasteiger partial charge in [0.25, 0.3) is 0 Å². The minimum absolute atomic E-state index is 0.311. The molecule has 0 amide bonds. The highest BCUT2D eigenvalue weighted by atomic mass is 35.5. The molecule has 1 atom stereocenters. The fraction of sp³-hybridized carbons (Fsp3) is 0.154. The summed E-state index contributed by atoms with van der Waals surface area (Å²) in [6.45, 7) is 1.93. The van der Waals surface area contributed by atoms with Gasteiger partial charge in [0.15, 0.2) is 0 Å². The zero-order valence-corrected chi connectivity index (χ0v) is 10.8. The summed E-state index contributed by atoms with van der Waals surface area (Å²) in [7, 11) is 0. The van der Waals surface area contributed by atoms with Crippen LogP contribution in [0.5, 0.6) is 0 Å². The van der Waals surface area contributed by atoms with Crippen molar-refractivity contribution < 1.29 is 0 Å². The Morgan fingerprint density at radius 3 is 2.59 bits per heavy atom. The molecule has 0 saturated carbocycles. The van der Waals surface area contributed by atoms with Gasteiger partial charge in [-0.25, -0.2) is 0 Å². The van der Waals surface area contributed by atoms with Gasteiger partial charge in [-0.15, -0.1) is 0 Å². The SMILES string of the molecule is Cc1ccc(C(N)c2cccc(Cl)c2Cl)cn1. The van der Waals surface area contributed by atoms with Gasteiger partial charge in [-0.3, -0.25) is 4.98 Å². The van der Waals surface area contributed by atoms with E-state index in [-0.39, 0.29) is 6.04 Å². The lowest BCUT2D eigenvalue weighted by Crippen LogP contribution is -2.12. The Balaban J connectivity index is 2.40. The Kier molecular flexibility index (Phi) is 3.67. The van der Waals surface area contributed by atoms with Crippen LogP contribution >= 0.6 is 23.2 Å². The van der Waals surface area contributed by atoms with Crippen LogP contribution in [-0.4, -0.2) is 4.98 Å². The monoisotopic (exact) mass is 266 g/mol. The Labute approximate surface area is 110 Å². The van der Waals surface area contributed by atoms with Crippen molar-refractivity contribution in [3.8, 4) is 0 Å². The molecule has 0 aliphatic heterocycles. The molecular weight excluding hydrogens is 255 g/mol. The van der Waals surface area contributed by atoms with Crippen LogP contribution < -0.4 is 5.73 Å². The van der Waals surface area contributed by atoms with Gasteiger partial charge in [0.2, 0.25) is 0 Å². The molecule has 0 fully saturated rings. The highest BCUT2D eigenvalue weighted by Crippen LogP contribution is 2.31. The summed E-state index contributed by atoms with van der Waals surface area (Å²) in [6.07, 6.45) is 1.76. The first-order chi connectivity index (χ1) is 8.09. The standard InChI is InChI=1S/C13H12Cl2N2/c1-8-5-6-9(7-17-8)13(16)10-3-2-4-11(14)12(10)15/h2-7,13H,16H2,1H3. The summed E-state index contributed by atoms with van der Waals surface area (Å²) in [6, 6.07) is 9.02. The molecule has 1 aromatic carbocycles. The van der Waals surface area contributed by atoms with Crippen molar-refractivity contribution >= 4 is 23.2 Å². The molecule has 17 heavy (non-hydrogen) atoms. The van der Waals surface area contributed by atoms with Crippen LogP contribution in [0.1, 0.15) is 22.9 Å². The number of aromatic nitrogens is 1. The lowest BCUT2D eigenvalue weighted by atomic mass is 10.0. The molecule has 2 aromatic rings. The van der Waals surface area contributed by atoms with Crippen LogP contribution in [0.25, 0.3) is 0 Å². The molecule has 2 nitrogen and oxygen atoms in total. The van der Waals surface area contributed by atoms with Gasteiger partial charge in [-0.05, 0) is 30.2 Å². The maximum atomic E-state index is 6.15. The lowest BCUT2D eigenvalue weighted by Gasteiger charge is -2.14. The molecule has 1 heterocycles. The Morgan fingerprint density at radius 2 is 1.94 bits per heavy atom. The molecule has 0 aliphatic rings. The molecular formula is C13H12Cl2N2. The van der Waals surface area contributed by atoms with Crippen molar-refractivity contribution in [3.63, 3.8) is 0 Å². The average Bonchev–Trinajstić information content (AvgIpc) is 2.33. The zero-order chi connectivity index (χ0) is 12.4. The largest absolute Gasteiger partial charge is 0.320 e. The first-order valence-electron chi connectivity index (χ1n) is 5.21. The quantitative estimate of drug-likeness (QED) is 0.900. The van der Waals surface area contributed by atoms with E-state index in [0.717, 1.165) is 16.8 Å². The highest BCUT2D eigenvalue weighted by molar-refractivity contribution is 6.42. The summed E-state index contributed by atoms with van der Waals surface area (Å²) >= 11 is 12.1. The second kappa shape index (κ2) is 5.05. The summed E-state index contributed by atoms with van der Waals surface area (Å²) in [4.78, 5) is 4.22. The van der Waals surface area contributed by atoms with E-state index < -0.39 is 0 Å². The average molecular weight is 267 g/mol. The Bertz CT molecular complexity index is 523. The third-order valence-corrected chi connectivity index (χ3v) is 3.44. The third-order valence-electron chi connectivity index (χ3n) is 2.61. The molecule has 4 heteroatoms. The third kappa shape index (κ3) is 2.60. The molecule has 2 N–H and O–H groups in total. The summed E-state index contributed by atoms with van der Waals surface area (Å²) in [5.74, 6) is 0. The first-order valence-corrected chi connectivity index (χ1v) is 5.97. The van der Waals surface area contributed by atoms with E-state index in [1.165, 1.54) is 0 Å². The highest BCUT2D eigenvalue weighted by Gasteiger charge is 2.14. The van der Waals surface area contributed by atoms with Crippen molar-refractivity contribution in [1.82, 2.24) is 4.98 Å². The molecule has 0 radical (unpaired) electrons. The molecule has 1 aromatic heterocycles. The number of benzene rings is 1. The molecule has 0 aliphatic carbocycles. The van der Waals surface area contributed by atoms with Gasteiger partial charge in [0.1, 0.15) is 0 Å². The zero-order valence-electron chi connectivity index (χ0n) is 9.32. The van der Waals surface area contributed by atoms with Crippen molar-refractivity contribution in [2.45, 2.75) is 13.0 Å². The Morgan fingerprint density at radius 1 is 1.18 bits per heavy atom. The first kappa shape index (κ1) is 12.4. The van der Waals surface area contributed by atoms with Gasteiger partial charge in [-0.1, -0.05) is 41.4 Å². The van der Waals surface area contributed by atoms with E-state index in [1.807, 2.05) is 31.2 Å². The fourth-order valence-electron chi connectivity index (χ4n) is 1.60. The molecule has 2 rings (SSSR count). The molecule has 1 unspecified atom stereocenters. The minimum Gasteiger partial charge on any atom is -0.320 e. The second-order valence-electron chi connectivity index (χ2n) is 3.85. The van der Waals surface area contributed by atoms with Crippen LogP contribution in [-0.2, 0) is 0 Å². The minimum atomic E-state index is -0.311. The van der Waals surface area contributed by atoms with Crippen LogP contribution in [0.4, 0.5) is 0 Å². The predicted octanol–water partition coefficient (Wildman–Crippen LogP) is 3.74. The van der Waals surface area contributed by atoms with E-state index in [2.05, 4.69) is 4.98 Å². The van der Waals surface area contributed by atoms with Crippen molar-refractivity contribution in [3.05, 3.63) is 63.4 Å². The van der Waals surface area contributed by atoms with Crippen molar-refractivity contribution in [2.24, 2.45) is 5.73 Å². The van der Waals surface area contributed by atoms with E-state index in [1.54, 1.807) is 12.3 Å². The summed E-state index contributed by atoms with van der Waals surface area (Å²) in [5.41, 5.74) is 8.84. The maximum Gasteiger partial charge on any atom is 0.0643 e. The summed E-state index contributed by atoms with van der Waals surface area (Å²) in [5, 5.41) is 1.02. The van der Waals surface area contributed by atoms with Crippen LogP contribution in [0, 0.1) is 6.92 Å². The topological polar surface area (TPSA) is 38.9 Å². The lowest BCUT2D eigenvalue weighted by molar-refractivity contribution is 0.861. The fourth-order valence-corrected chi connectivity index (χ4v) is 2.03. The molecule has 0 bridgehead atoms. The number of halogens is 2. The van der Waals surface area contributed by atoms with Crippen LogP contribution in [0.15, 0.2) is 36.5 Å². The summed E-state index contributed by atoms with van der Waals surface area (Å²) < 4.78 is 0. The maximum absolute atomic E-state index is 6.15. The van der Waals surface area contributed by atoms with E-state index in [4.69, 9.17) is 28.9 Å². The van der Waals surface area contributed by atoms with Gasteiger partial charge in [-0.2, -0.15) is 0 Å². The number of nitrogens with two attached hydrogens (primary N) is 1. The second-order valence-corrected chi connectivity index (χ2v) is 4.64. The van der Waals surface area contributed by atoms with Gasteiger partial charge >= 0.3 is 0 Å². The van der Waals surface area contributed by atoms with Crippen LogP contribution in [0.2, 0.25) is 10.0 Å². The molecule has 0 spiro atoms. The molecule has 88 valence electrons. The van der Waals surface area contributed by atoms with Gasteiger partial charge in [0, 0.05) is 11.9 Å². The van der Waals surface area contributed by atoms with Gasteiger partial charge in [0.05, 0.1) is 16.1 Å². The van der Waals surface area contributed by atoms with Gasteiger partial charge < -0.3 is 5.73 Å². The van der Waals surface area contributed by atoms with Crippen molar-refractivity contribution in [1.29, 1.82) is 0 Å². The Hall–Kier alpha value is -1.09. The number of aryl methyl sites for hydroxylation is 1. The predicted molar refractivity (Wildman–Crippen MR) is 71.5 cm³/mol. The van der Waals surface area contributed by atoms with Crippen molar-refractivity contribution in [2.75, 3.05) is 0 Å². The number of rotatable bonds is 2. The molecule has 0 saturated heterocycles. The van der Waals surface area contributed by atoms with E-state index >= 15 is 0 Å². The number of hydrogen-bond donors (Lipinski definition) is 1. The normalized spacial score (nSPS) is 12.5. The number of pyridine rings is 1. The smallest absolute Gasteiger partial charge is 0.0643 e. The number of hydrogen-bond acceptors (Lipinski definition) is 2.